The quantitative estimate of drug-likeness (QED) is 0.716. The van der Waals surface area contributed by atoms with Gasteiger partial charge in [-0.3, -0.25) is 9.59 Å². The van der Waals surface area contributed by atoms with Gasteiger partial charge in [-0.1, -0.05) is 25.4 Å². The van der Waals surface area contributed by atoms with E-state index in [-0.39, 0.29) is 18.9 Å². The zero-order valence-corrected chi connectivity index (χ0v) is 15.9. The molecule has 2 aromatic rings. The van der Waals surface area contributed by atoms with Crippen LogP contribution in [0.25, 0.3) is 9.88 Å². The average molecular weight is 387 g/mol. The Balaban J connectivity index is 1.95. The van der Waals surface area contributed by atoms with Crippen LogP contribution in [0, 0.1) is 5.41 Å². The van der Waals surface area contributed by atoms with Crippen molar-refractivity contribution in [3.05, 3.63) is 27.5 Å². The summed E-state index contributed by atoms with van der Waals surface area (Å²) in [6, 6.07) is 3.72. The van der Waals surface area contributed by atoms with Gasteiger partial charge in [0.15, 0.2) is 0 Å². The highest BCUT2D eigenvalue weighted by Crippen LogP contribution is 2.33. The van der Waals surface area contributed by atoms with E-state index < -0.39 is 11.4 Å². The van der Waals surface area contributed by atoms with Crippen LogP contribution in [-0.2, 0) is 16.0 Å². The number of halogens is 1. The number of nitrogens with one attached hydrogen (secondary N) is 1. The standard InChI is InChI=1S/C16H19ClN2O3S2/c1-3-16(4-2,15(21)22)9-18-13(20)7-10-8-23-14(19-10)11-5-6-12(17)24-11/h5-6,8H,3-4,7,9H2,1-2H3,(H,18,20)(H,21,22). The summed E-state index contributed by atoms with van der Waals surface area (Å²) in [6.45, 7) is 3.77. The molecule has 2 heterocycles. The molecule has 2 N–H and O–H groups in total. The van der Waals surface area contributed by atoms with Crippen LogP contribution in [0.1, 0.15) is 32.4 Å². The van der Waals surface area contributed by atoms with Gasteiger partial charge in [-0.25, -0.2) is 4.98 Å². The van der Waals surface area contributed by atoms with E-state index in [4.69, 9.17) is 11.6 Å². The first-order valence-electron chi connectivity index (χ1n) is 7.60. The summed E-state index contributed by atoms with van der Waals surface area (Å²) in [5.41, 5.74) is -0.234. The monoisotopic (exact) mass is 386 g/mol. The van der Waals surface area contributed by atoms with E-state index in [0.717, 1.165) is 9.88 Å². The van der Waals surface area contributed by atoms with Crippen molar-refractivity contribution in [3.8, 4) is 9.88 Å². The van der Waals surface area contributed by atoms with Gasteiger partial charge < -0.3 is 10.4 Å². The smallest absolute Gasteiger partial charge is 0.311 e. The van der Waals surface area contributed by atoms with E-state index in [1.807, 2.05) is 31.4 Å². The summed E-state index contributed by atoms with van der Waals surface area (Å²) >= 11 is 8.83. The first-order chi connectivity index (χ1) is 11.4. The van der Waals surface area contributed by atoms with Crippen LogP contribution in [0.2, 0.25) is 4.34 Å². The third-order valence-corrected chi connectivity index (χ3v) is 6.40. The number of amides is 1. The topological polar surface area (TPSA) is 79.3 Å². The van der Waals surface area contributed by atoms with Gasteiger partial charge in [0, 0.05) is 11.9 Å². The predicted molar refractivity (Wildman–Crippen MR) is 97.8 cm³/mol. The third-order valence-electron chi connectivity index (χ3n) is 4.11. The SMILES string of the molecule is CCC(CC)(CNC(=O)Cc1csc(-c2ccc(Cl)s2)n1)C(=O)O. The first kappa shape index (κ1) is 18.9. The van der Waals surface area contributed by atoms with Crippen LogP contribution in [0.5, 0.6) is 0 Å². The Morgan fingerprint density at radius 1 is 1.33 bits per heavy atom. The Kier molecular flexibility index (Phi) is 6.37. The lowest BCUT2D eigenvalue weighted by Crippen LogP contribution is -2.42. The number of carboxylic acids is 1. The van der Waals surface area contributed by atoms with Gasteiger partial charge >= 0.3 is 5.97 Å². The Morgan fingerprint density at radius 2 is 2.04 bits per heavy atom. The van der Waals surface area contributed by atoms with E-state index in [2.05, 4.69) is 10.3 Å². The molecule has 24 heavy (non-hydrogen) atoms. The molecule has 0 unspecified atom stereocenters. The summed E-state index contributed by atoms with van der Waals surface area (Å²) in [7, 11) is 0. The van der Waals surface area contributed by atoms with Crippen molar-refractivity contribution in [3.63, 3.8) is 0 Å². The van der Waals surface area contributed by atoms with Crippen molar-refractivity contribution in [2.75, 3.05) is 6.54 Å². The Labute approximate surface area is 153 Å². The lowest BCUT2D eigenvalue weighted by Gasteiger charge is -2.26. The van der Waals surface area contributed by atoms with Crippen LogP contribution in [0.4, 0.5) is 0 Å². The van der Waals surface area contributed by atoms with E-state index in [1.54, 1.807) is 0 Å². The molecule has 8 heteroatoms. The predicted octanol–water partition coefficient (Wildman–Crippen LogP) is 4.07. The lowest BCUT2D eigenvalue weighted by molar-refractivity contribution is -0.149. The summed E-state index contributed by atoms with van der Waals surface area (Å²) in [4.78, 5) is 29.0. The van der Waals surface area contributed by atoms with Crippen LogP contribution in [-0.4, -0.2) is 28.5 Å². The molecule has 2 rings (SSSR count). The average Bonchev–Trinajstić information content (AvgIpc) is 3.17. The molecule has 0 fully saturated rings. The molecule has 0 aliphatic heterocycles. The molecule has 0 saturated carbocycles. The number of aliphatic carboxylic acids is 1. The fraction of sp³-hybridized carbons (Fsp3) is 0.438. The van der Waals surface area contributed by atoms with Gasteiger partial charge in [0.25, 0.3) is 0 Å². The maximum absolute atomic E-state index is 12.1. The fourth-order valence-electron chi connectivity index (χ4n) is 2.30. The zero-order chi connectivity index (χ0) is 17.7. The van der Waals surface area contributed by atoms with E-state index in [1.165, 1.54) is 22.7 Å². The van der Waals surface area contributed by atoms with Crippen molar-refractivity contribution in [1.29, 1.82) is 0 Å². The molecule has 0 aliphatic carbocycles. The van der Waals surface area contributed by atoms with Crippen molar-refractivity contribution in [2.45, 2.75) is 33.1 Å². The number of nitrogens with zero attached hydrogens (tertiary/aromatic N) is 1. The summed E-state index contributed by atoms with van der Waals surface area (Å²) < 4.78 is 0.698. The first-order valence-corrected chi connectivity index (χ1v) is 9.68. The molecular formula is C16H19ClN2O3S2. The van der Waals surface area contributed by atoms with E-state index >= 15 is 0 Å². The second kappa shape index (κ2) is 8.09. The highest BCUT2D eigenvalue weighted by Gasteiger charge is 2.35. The molecule has 0 bridgehead atoms. The normalized spacial score (nSPS) is 11.5. The van der Waals surface area contributed by atoms with Gasteiger partial charge in [-0.05, 0) is 25.0 Å². The third kappa shape index (κ3) is 4.34. The van der Waals surface area contributed by atoms with Gasteiger partial charge in [0.2, 0.25) is 5.91 Å². The van der Waals surface area contributed by atoms with Crippen LogP contribution in [0.15, 0.2) is 17.5 Å². The minimum atomic E-state index is -0.906. The Morgan fingerprint density at radius 3 is 2.58 bits per heavy atom. The lowest BCUT2D eigenvalue weighted by atomic mass is 9.82. The van der Waals surface area contributed by atoms with Crippen molar-refractivity contribution >= 4 is 46.2 Å². The van der Waals surface area contributed by atoms with Gasteiger partial charge in [-0.15, -0.1) is 22.7 Å². The highest BCUT2D eigenvalue weighted by molar-refractivity contribution is 7.23. The second-order valence-corrected chi connectivity index (χ2v) is 8.07. The number of carbonyl (C=O) groups is 2. The van der Waals surface area contributed by atoms with Crippen LogP contribution >= 0.6 is 34.3 Å². The molecule has 130 valence electrons. The Bertz CT molecular complexity index is 722. The summed E-state index contributed by atoms with van der Waals surface area (Å²) in [5.74, 6) is -1.10. The molecule has 5 nitrogen and oxygen atoms in total. The summed E-state index contributed by atoms with van der Waals surface area (Å²) in [6.07, 6.45) is 1.08. The van der Waals surface area contributed by atoms with Crippen LogP contribution < -0.4 is 5.32 Å². The number of rotatable bonds is 8. The van der Waals surface area contributed by atoms with Crippen LogP contribution in [0.3, 0.4) is 0 Å². The molecular weight excluding hydrogens is 368 g/mol. The van der Waals surface area contributed by atoms with Crippen molar-refractivity contribution in [1.82, 2.24) is 10.3 Å². The minimum Gasteiger partial charge on any atom is -0.481 e. The number of thiophene rings is 1. The second-order valence-electron chi connectivity index (χ2n) is 5.49. The number of hydrogen-bond acceptors (Lipinski definition) is 5. The van der Waals surface area contributed by atoms with Gasteiger partial charge in [0.05, 0.1) is 26.7 Å². The van der Waals surface area contributed by atoms with Gasteiger partial charge in [0.1, 0.15) is 5.01 Å². The number of hydrogen-bond donors (Lipinski definition) is 2. The van der Waals surface area contributed by atoms with Crippen molar-refractivity contribution in [2.24, 2.45) is 5.41 Å². The number of aromatic nitrogens is 1. The highest BCUT2D eigenvalue weighted by atomic mass is 35.5. The molecule has 0 spiro atoms. The molecule has 0 saturated heterocycles. The maximum atomic E-state index is 12.1. The molecule has 0 atom stereocenters. The zero-order valence-electron chi connectivity index (χ0n) is 13.5. The van der Waals surface area contributed by atoms with E-state index in [0.29, 0.717) is 22.9 Å². The molecule has 2 aromatic heterocycles. The van der Waals surface area contributed by atoms with E-state index in [9.17, 15) is 14.7 Å². The number of thiazole rings is 1. The summed E-state index contributed by atoms with van der Waals surface area (Å²) in [5, 5.41) is 14.8. The molecule has 0 aliphatic rings. The fourth-order valence-corrected chi connectivity index (χ4v) is 4.24. The van der Waals surface area contributed by atoms with Gasteiger partial charge in [-0.2, -0.15) is 0 Å². The number of carbonyl (C=O) groups excluding carboxylic acids is 1. The molecule has 1 amide bonds. The molecule has 0 aromatic carbocycles. The van der Waals surface area contributed by atoms with Crippen molar-refractivity contribution < 1.29 is 14.7 Å². The largest absolute Gasteiger partial charge is 0.481 e. The number of carboxylic acid groups (broad SMARTS) is 1. The maximum Gasteiger partial charge on any atom is 0.311 e. The molecule has 0 radical (unpaired) electrons. The Hall–Kier alpha value is -1.44. The minimum absolute atomic E-state index is 0.131.